The molecule has 18 heavy (non-hydrogen) atoms. The highest BCUT2D eigenvalue weighted by molar-refractivity contribution is 8.93. The fraction of sp³-hybridized carbons (Fsp3) is 0.417. The van der Waals surface area contributed by atoms with Gasteiger partial charge in [-0.15, -0.1) is 34.0 Å². The minimum Gasteiger partial charge on any atom is -0.353 e. The molecule has 1 aliphatic rings. The maximum Gasteiger partial charge on any atom is 0.201 e. The monoisotopic (exact) mass is 376 g/mol. The zero-order chi connectivity index (χ0) is 10.8. The molecule has 100 valence electrons. The Morgan fingerprint density at radius 3 is 2.56 bits per heavy atom. The Balaban J connectivity index is 0.000000810. The summed E-state index contributed by atoms with van der Waals surface area (Å²) in [7, 11) is 0. The van der Waals surface area contributed by atoms with Gasteiger partial charge in [-0.1, -0.05) is 12.1 Å². The molecule has 0 bridgehead atoms. The van der Waals surface area contributed by atoms with Crippen molar-refractivity contribution in [3.8, 4) is 0 Å². The number of fused-ring (bicyclic) bond motifs is 1. The number of hydrogen-bond acceptors (Lipinski definition) is 3. The molecule has 4 nitrogen and oxygen atoms in total. The normalized spacial score (nSPS) is 15.8. The van der Waals surface area contributed by atoms with Gasteiger partial charge in [0.25, 0.3) is 0 Å². The van der Waals surface area contributed by atoms with Crippen molar-refractivity contribution in [2.75, 3.05) is 18.4 Å². The SMILES string of the molecule is Br.Br.c1ccc2[nH]c(NC3CCNCC3)nc2c1. The van der Waals surface area contributed by atoms with Crippen molar-refractivity contribution in [1.82, 2.24) is 15.3 Å². The number of aromatic nitrogens is 2. The zero-order valence-corrected chi connectivity index (χ0v) is 13.4. The van der Waals surface area contributed by atoms with E-state index in [4.69, 9.17) is 0 Å². The summed E-state index contributed by atoms with van der Waals surface area (Å²) >= 11 is 0. The molecule has 0 amide bonds. The van der Waals surface area contributed by atoms with Gasteiger partial charge in [-0.2, -0.15) is 0 Å². The van der Waals surface area contributed by atoms with Crippen molar-refractivity contribution in [2.24, 2.45) is 0 Å². The van der Waals surface area contributed by atoms with Gasteiger partial charge in [0.1, 0.15) is 0 Å². The summed E-state index contributed by atoms with van der Waals surface area (Å²) in [5, 5.41) is 6.82. The Hall–Kier alpha value is -0.590. The van der Waals surface area contributed by atoms with Crippen LogP contribution in [0.25, 0.3) is 11.0 Å². The second kappa shape index (κ2) is 7.11. The van der Waals surface area contributed by atoms with E-state index in [1.165, 1.54) is 0 Å². The lowest BCUT2D eigenvalue weighted by atomic mass is 10.1. The number of nitrogens with one attached hydrogen (secondary N) is 3. The average Bonchev–Trinajstić information content (AvgIpc) is 2.72. The van der Waals surface area contributed by atoms with Gasteiger partial charge < -0.3 is 15.6 Å². The topological polar surface area (TPSA) is 52.7 Å². The van der Waals surface area contributed by atoms with Crippen molar-refractivity contribution in [3.05, 3.63) is 24.3 Å². The third kappa shape index (κ3) is 3.46. The number of para-hydroxylation sites is 2. The first-order chi connectivity index (χ1) is 7.92. The summed E-state index contributed by atoms with van der Waals surface area (Å²) < 4.78 is 0. The molecule has 0 spiro atoms. The van der Waals surface area contributed by atoms with E-state index < -0.39 is 0 Å². The molecule has 0 saturated carbocycles. The molecule has 3 N–H and O–H groups in total. The van der Waals surface area contributed by atoms with E-state index in [0.717, 1.165) is 42.9 Å². The van der Waals surface area contributed by atoms with E-state index in [9.17, 15) is 0 Å². The van der Waals surface area contributed by atoms with Gasteiger partial charge in [0, 0.05) is 6.04 Å². The number of hydrogen-bond donors (Lipinski definition) is 3. The molecule has 3 rings (SSSR count). The van der Waals surface area contributed by atoms with Gasteiger partial charge >= 0.3 is 0 Å². The Morgan fingerprint density at radius 1 is 1.11 bits per heavy atom. The maximum absolute atomic E-state index is 4.52. The Morgan fingerprint density at radius 2 is 1.83 bits per heavy atom. The van der Waals surface area contributed by atoms with E-state index in [1.807, 2.05) is 18.2 Å². The van der Waals surface area contributed by atoms with Gasteiger partial charge in [0.2, 0.25) is 5.95 Å². The van der Waals surface area contributed by atoms with Crippen LogP contribution in [0.1, 0.15) is 12.8 Å². The van der Waals surface area contributed by atoms with Gasteiger partial charge in [0.15, 0.2) is 0 Å². The van der Waals surface area contributed by atoms with E-state index in [1.54, 1.807) is 0 Å². The molecule has 0 radical (unpaired) electrons. The summed E-state index contributed by atoms with van der Waals surface area (Å²) in [6, 6.07) is 8.66. The van der Waals surface area contributed by atoms with Crippen LogP contribution >= 0.6 is 34.0 Å². The minimum absolute atomic E-state index is 0. The highest BCUT2D eigenvalue weighted by Crippen LogP contribution is 2.15. The van der Waals surface area contributed by atoms with E-state index in [-0.39, 0.29) is 34.0 Å². The van der Waals surface area contributed by atoms with E-state index >= 15 is 0 Å². The molecule has 1 aromatic carbocycles. The summed E-state index contributed by atoms with van der Waals surface area (Å²) in [5.41, 5.74) is 2.12. The summed E-state index contributed by atoms with van der Waals surface area (Å²) in [6.45, 7) is 2.19. The quantitative estimate of drug-likeness (QED) is 0.754. The number of piperidine rings is 1. The molecule has 1 aliphatic heterocycles. The van der Waals surface area contributed by atoms with Gasteiger partial charge in [0.05, 0.1) is 11.0 Å². The number of H-pyrrole nitrogens is 1. The lowest BCUT2D eigenvalue weighted by Crippen LogP contribution is -2.35. The first-order valence-corrected chi connectivity index (χ1v) is 5.84. The van der Waals surface area contributed by atoms with Crippen LogP contribution in [0.15, 0.2) is 24.3 Å². The highest BCUT2D eigenvalue weighted by Gasteiger charge is 2.13. The van der Waals surface area contributed by atoms with Crippen molar-refractivity contribution < 1.29 is 0 Å². The van der Waals surface area contributed by atoms with Gasteiger partial charge in [-0.05, 0) is 38.1 Å². The third-order valence-electron chi connectivity index (χ3n) is 3.07. The number of imidazole rings is 1. The van der Waals surface area contributed by atoms with Crippen LogP contribution < -0.4 is 10.6 Å². The van der Waals surface area contributed by atoms with Gasteiger partial charge in [-0.3, -0.25) is 0 Å². The average molecular weight is 378 g/mol. The van der Waals surface area contributed by atoms with Crippen LogP contribution in [0.2, 0.25) is 0 Å². The second-order valence-corrected chi connectivity index (χ2v) is 4.27. The third-order valence-corrected chi connectivity index (χ3v) is 3.07. The van der Waals surface area contributed by atoms with Crippen LogP contribution in [0.4, 0.5) is 5.95 Å². The molecule has 0 atom stereocenters. The lowest BCUT2D eigenvalue weighted by Gasteiger charge is -2.23. The summed E-state index contributed by atoms with van der Waals surface area (Å²) in [4.78, 5) is 7.82. The summed E-state index contributed by atoms with van der Waals surface area (Å²) in [6.07, 6.45) is 2.33. The molecule has 0 unspecified atom stereocenters. The Bertz CT molecular complexity index is 447. The molecule has 1 saturated heterocycles. The molecule has 0 aliphatic carbocycles. The highest BCUT2D eigenvalue weighted by atomic mass is 79.9. The van der Waals surface area contributed by atoms with Crippen LogP contribution in [0.5, 0.6) is 0 Å². The minimum atomic E-state index is 0. The lowest BCUT2D eigenvalue weighted by molar-refractivity contribution is 0.477. The fourth-order valence-corrected chi connectivity index (χ4v) is 2.18. The fourth-order valence-electron chi connectivity index (χ4n) is 2.18. The van der Waals surface area contributed by atoms with Crippen molar-refractivity contribution in [1.29, 1.82) is 0 Å². The number of halogens is 2. The number of aromatic amines is 1. The number of rotatable bonds is 2. The van der Waals surface area contributed by atoms with Crippen LogP contribution in [0, 0.1) is 0 Å². The molecular weight excluding hydrogens is 360 g/mol. The molecule has 2 aromatic rings. The predicted octanol–water partition coefficient (Wildman–Crippen LogP) is 2.88. The zero-order valence-electron chi connectivity index (χ0n) is 9.98. The Labute approximate surface area is 127 Å². The predicted molar refractivity (Wildman–Crippen MR) is 86.3 cm³/mol. The van der Waals surface area contributed by atoms with E-state index in [2.05, 4.69) is 26.7 Å². The first kappa shape index (κ1) is 15.5. The first-order valence-electron chi connectivity index (χ1n) is 5.84. The number of anilines is 1. The molecule has 2 heterocycles. The standard InChI is InChI=1S/C12H16N4.2BrH/c1-2-4-11-10(3-1)15-12(16-11)14-9-5-7-13-8-6-9;;/h1-4,9,13H,5-8H2,(H2,14,15,16);2*1H. The molecule has 1 fully saturated rings. The largest absolute Gasteiger partial charge is 0.353 e. The van der Waals surface area contributed by atoms with Crippen molar-refractivity contribution in [3.63, 3.8) is 0 Å². The summed E-state index contributed by atoms with van der Waals surface area (Å²) in [5.74, 6) is 0.896. The van der Waals surface area contributed by atoms with Crippen molar-refractivity contribution >= 4 is 50.9 Å². The molecular formula is C12H18Br2N4. The smallest absolute Gasteiger partial charge is 0.201 e. The Kier molecular flexibility index (Phi) is 6.11. The van der Waals surface area contributed by atoms with Gasteiger partial charge in [-0.25, -0.2) is 4.98 Å². The second-order valence-electron chi connectivity index (χ2n) is 4.27. The van der Waals surface area contributed by atoms with Crippen LogP contribution in [-0.2, 0) is 0 Å². The van der Waals surface area contributed by atoms with Crippen molar-refractivity contribution in [2.45, 2.75) is 18.9 Å². The maximum atomic E-state index is 4.52. The number of nitrogens with zero attached hydrogens (tertiary/aromatic N) is 1. The van der Waals surface area contributed by atoms with Crippen LogP contribution in [0.3, 0.4) is 0 Å². The molecule has 6 heteroatoms. The van der Waals surface area contributed by atoms with E-state index in [0.29, 0.717) is 6.04 Å². The molecule has 1 aromatic heterocycles. The van der Waals surface area contributed by atoms with Crippen LogP contribution in [-0.4, -0.2) is 29.1 Å². The number of benzene rings is 1.